The molecule has 5 nitrogen and oxygen atoms in total. The predicted octanol–water partition coefficient (Wildman–Crippen LogP) is 5.36. The summed E-state index contributed by atoms with van der Waals surface area (Å²) in [7, 11) is 0. The number of carbonyl (C=O) groups excluding carboxylic acids is 2. The Balaban J connectivity index is 1.71. The number of thioether (sulfide) groups is 1. The normalized spacial score (nSPS) is 11.3. The van der Waals surface area contributed by atoms with Crippen LogP contribution in [0.1, 0.15) is 19.4 Å². The van der Waals surface area contributed by atoms with Gasteiger partial charge in [0.2, 0.25) is 11.8 Å². The van der Waals surface area contributed by atoms with Gasteiger partial charge < -0.3 is 10.6 Å². The lowest BCUT2D eigenvalue weighted by atomic mass is 10.1. The Morgan fingerprint density at radius 1 is 1.10 bits per heavy atom. The first-order chi connectivity index (χ1) is 14.0. The fourth-order valence-electron chi connectivity index (χ4n) is 2.71. The van der Waals surface area contributed by atoms with Gasteiger partial charge in [-0.05, 0) is 30.7 Å². The maximum Gasteiger partial charge on any atom is 0.238 e. The van der Waals surface area contributed by atoms with Crippen molar-refractivity contribution in [3.63, 3.8) is 0 Å². The molecule has 29 heavy (non-hydrogen) atoms. The Bertz CT molecular complexity index is 1070. The molecule has 146 valence electrons. The number of hydrogen-bond donors (Lipinski definition) is 2. The number of rotatable bonds is 6. The van der Waals surface area contributed by atoms with Crippen molar-refractivity contribution in [2.45, 2.75) is 24.0 Å². The first kappa shape index (κ1) is 20.6. The van der Waals surface area contributed by atoms with E-state index in [4.69, 9.17) is 0 Å². The molecule has 0 aliphatic heterocycles. The van der Waals surface area contributed by atoms with Crippen molar-refractivity contribution in [2.24, 2.45) is 0 Å². The SMILES string of the molecule is CC(=O)Nc1cccc(SC(C)C(=O)Nc2scc(-c3ccccc3)c2C#N)c1. The van der Waals surface area contributed by atoms with E-state index in [1.54, 1.807) is 6.07 Å². The highest BCUT2D eigenvalue weighted by Gasteiger charge is 2.19. The van der Waals surface area contributed by atoms with Crippen LogP contribution in [-0.4, -0.2) is 17.1 Å². The van der Waals surface area contributed by atoms with Gasteiger partial charge in [0, 0.05) is 28.5 Å². The number of carbonyl (C=O) groups is 2. The third-order valence-corrected chi connectivity index (χ3v) is 6.05. The highest BCUT2D eigenvalue weighted by atomic mass is 32.2. The maximum absolute atomic E-state index is 12.7. The lowest BCUT2D eigenvalue weighted by Gasteiger charge is -2.12. The number of amides is 2. The fraction of sp³-hybridized carbons (Fsp3) is 0.136. The second-order valence-corrected chi connectivity index (χ2v) is 8.58. The van der Waals surface area contributed by atoms with Gasteiger partial charge in [0.25, 0.3) is 0 Å². The van der Waals surface area contributed by atoms with Crippen LogP contribution in [-0.2, 0) is 9.59 Å². The molecule has 1 aromatic heterocycles. The zero-order valence-corrected chi connectivity index (χ0v) is 17.6. The second kappa shape index (κ2) is 9.41. The molecular weight excluding hydrogens is 402 g/mol. The van der Waals surface area contributed by atoms with Gasteiger partial charge in [0.05, 0.1) is 10.8 Å². The smallest absolute Gasteiger partial charge is 0.238 e. The molecule has 2 amide bonds. The van der Waals surface area contributed by atoms with Crippen molar-refractivity contribution in [3.05, 3.63) is 65.5 Å². The topological polar surface area (TPSA) is 82.0 Å². The van der Waals surface area contributed by atoms with Crippen LogP contribution < -0.4 is 10.6 Å². The van der Waals surface area contributed by atoms with Gasteiger partial charge in [-0.15, -0.1) is 23.1 Å². The van der Waals surface area contributed by atoms with Crippen molar-refractivity contribution in [2.75, 3.05) is 10.6 Å². The summed E-state index contributed by atoms with van der Waals surface area (Å²) in [6.07, 6.45) is 0. The van der Waals surface area contributed by atoms with E-state index in [2.05, 4.69) is 16.7 Å². The molecule has 0 bridgehead atoms. The molecule has 2 aromatic carbocycles. The van der Waals surface area contributed by atoms with Crippen LogP contribution in [0.25, 0.3) is 11.1 Å². The monoisotopic (exact) mass is 421 g/mol. The quantitative estimate of drug-likeness (QED) is 0.525. The lowest BCUT2D eigenvalue weighted by Crippen LogP contribution is -2.22. The Morgan fingerprint density at radius 2 is 1.86 bits per heavy atom. The molecule has 0 radical (unpaired) electrons. The van der Waals surface area contributed by atoms with E-state index in [0.29, 0.717) is 16.3 Å². The van der Waals surface area contributed by atoms with Crippen LogP contribution in [0.5, 0.6) is 0 Å². The van der Waals surface area contributed by atoms with Crippen LogP contribution in [0.15, 0.2) is 64.9 Å². The minimum absolute atomic E-state index is 0.145. The molecule has 1 unspecified atom stereocenters. The molecule has 0 aliphatic rings. The van der Waals surface area contributed by atoms with Crippen molar-refractivity contribution in [3.8, 4) is 17.2 Å². The molecule has 7 heteroatoms. The number of benzene rings is 2. The second-order valence-electron chi connectivity index (χ2n) is 6.29. The predicted molar refractivity (Wildman–Crippen MR) is 119 cm³/mol. The average molecular weight is 422 g/mol. The summed E-state index contributed by atoms with van der Waals surface area (Å²) in [6, 6.07) is 19.2. The molecule has 0 saturated heterocycles. The molecule has 1 heterocycles. The number of hydrogen-bond acceptors (Lipinski definition) is 5. The molecule has 0 saturated carbocycles. The van der Waals surface area contributed by atoms with E-state index in [-0.39, 0.29) is 17.1 Å². The van der Waals surface area contributed by atoms with Crippen LogP contribution in [0, 0.1) is 11.3 Å². The van der Waals surface area contributed by atoms with Gasteiger partial charge in [-0.25, -0.2) is 0 Å². The Morgan fingerprint density at radius 3 is 2.55 bits per heavy atom. The number of nitrogens with one attached hydrogen (secondary N) is 2. The standard InChI is InChI=1S/C22H19N3O2S2/c1-14(29-18-10-6-9-17(11-18)24-15(2)26)21(27)25-22-19(12-23)20(13-28-22)16-7-4-3-5-8-16/h3-11,13-14H,1-2H3,(H,24,26)(H,25,27). The van der Waals surface area contributed by atoms with Crippen molar-refractivity contribution >= 4 is 45.6 Å². The van der Waals surface area contributed by atoms with Crippen molar-refractivity contribution in [1.29, 1.82) is 5.26 Å². The average Bonchev–Trinajstić information content (AvgIpc) is 3.10. The molecule has 0 spiro atoms. The zero-order valence-electron chi connectivity index (χ0n) is 15.9. The minimum Gasteiger partial charge on any atom is -0.326 e. The van der Waals surface area contributed by atoms with E-state index in [9.17, 15) is 14.9 Å². The highest BCUT2D eigenvalue weighted by Crippen LogP contribution is 2.35. The zero-order chi connectivity index (χ0) is 20.8. The number of nitrogens with zero attached hydrogens (tertiary/aromatic N) is 1. The van der Waals surface area contributed by atoms with Gasteiger partial charge >= 0.3 is 0 Å². The minimum atomic E-state index is -0.378. The van der Waals surface area contributed by atoms with Crippen LogP contribution >= 0.6 is 23.1 Å². The number of anilines is 2. The van der Waals surface area contributed by atoms with Gasteiger partial charge in [0.1, 0.15) is 11.1 Å². The van der Waals surface area contributed by atoms with Crippen molar-refractivity contribution in [1.82, 2.24) is 0 Å². The van der Waals surface area contributed by atoms with Gasteiger partial charge in [-0.1, -0.05) is 36.4 Å². The van der Waals surface area contributed by atoms with Gasteiger partial charge in [-0.3, -0.25) is 9.59 Å². The lowest BCUT2D eigenvalue weighted by molar-refractivity contribution is -0.115. The number of nitriles is 1. The largest absolute Gasteiger partial charge is 0.326 e. The Kier molecular flexibility index (Phi) is 6.70. The molecule has 3 aromatic rings. The Hall–Kier alpha value is -3.08. The van der Waals surface area contributed by atoms with E-state index in [1.165, 1.54) is 30.0 Å². The number of thiophene rings is 1. The molecule has 0 fully saturated rings. The van der Waals surface area contributed by atoms with E-state index in [1.807, 2.05) is 60.8 Å². The summed E-state index contributed by atoms with van der Waals surface area (Å²) in [5.74, 6) is -0.327. The Labute approximate surface area is 177 Å². The van der Waals surface area contributed by atoms with E-state index < -0.39 is 0 Å². The van der Waals surface area contributed by atoms with E-state index >= 15 is 0 Å². The summed E-state index contributed by atoms with van der Waals surface area (Å²) >= 11 is 2.73. The van der Waals surface area contributed by atoms with Crippen molar-refractivity contribution < 1.29 is 9.59 Å². The summed E-state index contributed by atoms with van der Waals surface area (Å²) in [4.78, 5) is 24.8. The molecule has 1 atom stereocenters. The molecular formula is C22H19N3O2S2. The fourth-order valence-corrected chi connectivity index (χ4v) is 4.56. The van der Waals surface area contributed by atoms with E-state index in [0.717, 1.165) is 16.0 Å². The summed E-state index contributed by atoms with van der Waals surface area (Å²) in [5, 5.41) is 17.3. The van der Waals surface area contributed by atoms with Gasteiger partial charge in [0.15, 0.2) is 0 Å². The third-order valence-electron chi connectivity index (χ3n) is 4.06. The summed E-state index contributed by atoms with van der Waals surface area (Å²) < 4.78 is 0. The van der Waals surface area contributed by atoms with Crippen LogP contribution in [0.3, 0.4) is 0 Å². The molecule has 0 aliphatic carbocycles. The third kappa shape index (κ3) is 5.25. The van der Waals surface area contributed by atoms with Crippen LogP contribution in [0.2, 0.25) is 0 Å². The first-order valence-corrected chi connectivity index (χ1v) is 10.7. The first-order valence-electron chi connectivity index (χ1n) is 8.90. The molecule has 3 rings (SSSR count). The van der Waals surface area contributed by atoms with Crippen LogP contribution in [0.4, 0.5) is 10.7 Å². The van der Waals surface area contributed by atoms with Gasteiger partial charge in [-0.2, -0.15) is 5.26 Å². The summed E-state index contributed by atoms with van der Waals surface area (Å²) in [5.41, 5.74) is 2.92. The maximum atomic E-state index is 12.7. The highest BCUT2D eigenvalue weighted by molar-refractivity contribution is 8.00. The summed E-state index contributed by atoms with van der Waals surface area (Å²) in [6.45, 7) is 3.26. The molecule has 2 N–H and O–H groups in total.